The maximum Gasteiger partial charge on any atom is 0.246 e. The minimum atomic E-state index is -0.0467. The van der Waals surface area contributed by atoms with Crippen LogP contribution in [-0.4, -0.2) is 44.2 Å². The molecule has 138 valence electrons. The molecule has 2 aromatic carbocycles. The summed E-state index contributed by atoms with van der Waals surface area (Å²) in [4.78, 5) is 14.4. The van der Waals surface area contributed by atoms with Gasteiger partial charge in [-0.15, -0.1) is 0 Å². The lowest BCUT2D eigenvalue weighted by Gasteiger charge is -2.42. The van der Waals surface area contributed by atoms with Crippen molar-refractivity contribution in [1.82, 2.24) is 10.2 Å². The Bertz CT molecular complexity index is 680. The molecule has 1 heterocycles. The monoisotopic (exact) mass is 352 g/mol. The molecular weight excluding hydrogens is 324 g/mol. The normalized spacial score (nSPS) is 17.0. The Hall–Kier alpha value is -2.17. The number of likely N-dealkylation sites (tertiary alicyclic amines) is 1. The van der Waals surface area contributed by atoms with E-state index in [1.165, 1.54) is 11.1 Å². The first-order valence-corrected chi connectivity index (χ1v) is 9.29. The maximum atomic E-state index is 11.9. The molecular formula is C22H28N2O2. The number of piperidine rings is 1. The number of nitrogens with zero attached hydrogens (tertiary/aromatic N) is 1. The van der Waals surface area contributed by atoms with Crippen molar-refractivity contribution in [2.75, 3.05) is 33.4 Å². The molecule has 0 saturated carbocycles. The number of hydrogen-bond donors (Lipinski definition) is 1. The molecule has 1 aliphatic rings. The van der Waals surface area contributed by atoms with Crippen LogP contribution in [0, 0.1) is 0 Å². The van der Waals surface area contributed by atoms with Crippen LogP contribution in [0.1, 0.15) is 24.0 Å². The van der Waals surface area contributed by atoms with Gasteiger partial charge in [0, 0.05) is 25.6 Å². The largest absolute Gasteiger partial charge is 0.375 e. The fourth-order valence-corrected chi connectivity index (χ4v) is 3.79. The van der Waals surface area contributed by atoms with Crippen LogP contribution in [0.2, 0.25) is 0 Å². The Kier molecular flexibility index (Phi) is 6.42. The van der Waals surface area contributed by atoms with Crippen molar-refractivity contribution in [3.05, 3.63) is 71.8 Å². The first kappa shape index (κ1) is 18.6. The van der Waals surface area contributed by atoms with E-state index in [1.54, 1.807) is 7.11 Å². The van der Waals surface area contributed by atoms with Crippen molar-refractivity contribution in [1.29, 1.82) is 0 Å². The van der Waals surface area contributed by atoms with E-state index in [0.717, 1.165) is 32.5 Å². The van der Waals surface area contributed by atoms with Crippen molar-refractivity contribution in [3.63, 3.8) is 0 Å². The van der Waals surface area contributed by atoms with E-state index in [2.05, 4.69) is 64.8 Å². The summed E-state index contributed by atoms with van der Waals surface area (Å²) in [6, 6.07) is 21.2. The predicted molar refractivity (Wildman–Crippen MR) is 104 cm³/mol. The van der Waals surface area contributed by atoms with Gasteiger partial charge in [-0.05, 0) is 37.1 Å². The molecule has 1 fully saturated rings. The summed E-state index contributed by atoms with van der Waals surface area (Å²) in [5.74, 6) is -0.0467. The van der Waals surface area contributed by atoms with Crippen molar-refractivity contribution in [2.24, 2.45) is 0 Å². The van der Waals surface area contributed by atoms with E-state index < -0.39 is 0 Å². The third-order valence-electron chi connectivity index (χ3n) is 5.35. The number of rotatable bonds is 7. The highest BCUT2D eigenvalue weighted by Crippen LogP contribution is 2.35. The summed E-state index contributed by atoms with van der Waals surface area (Å²) < 4.78 is 4.95. The molecule has 0 unspecified atom stereocenters. The van der Waals surface area contributed by atoms with Crippen LogP contribution in [0.4, 0.5) is 0 Å². The molecule has 4 nitrogen and oxygen atoms in total. The summed E-state index contributed by atoms with van der Waals surface area (Å²) in [5.41, 5.74) is 2.67. The zero-order chi connectivity index (χ0) is 18.2. The van der Waals surface area contributed by atoms with Gasteiger partial charge >= 0.3 is 0 Å². The minimum Gasteiger partial charge on any atom is -0.375 e. The van der Waals surface area contributed by atoms with Gasteiger partial charge in [0.05, 0.1) is 0 Å². The second-order valence-electron chi connectivity index (χ2n) is 7.12. The van der Waals surface area contributed by atoms with Gasteiger partial charge in [0.1, 0.15) is 6.61 Å². The van der Waals surface area contributed by atoms with Crippen LogP contribution in [0.25, 0.3) is 0 Å². The zero-order valence-electron chi connectivity index (χ0n) is 15.5. The van der Waals surface area contributed by atoms with Gasteiger partial charge in [-0.3, -0.25) is 9.69 Å². The summed E-state index contributed by atoms with van der Waals surface area (Å²) in [7, 11) is 1.55. The molecule has 0 bridgehead atoms. The number of hydrogen-bond acceptors (Lipinski definition) is 3. The van der Waals surface area contributed by atoms with Gasteiger partial charge in [0.25, 0.3) is 0 Å². The lowest BCUT2D eigenvalue weighted by molar-refractivity contribution is -0.125. The van der Waals surface area contributed by atoms with Gasteiger partial charge in [0.15, 0.2) is 0 Å². The third kappa shape index (κ3) is 4.71. The topological polar surface area (TPSA) is 41.6 Å². The second-order valence-corrected chi connectivity index (χ2v) is 7.12. The summed E-state index contributed by atoms with van der Waals surface area (Å²) in [6.07, 6.45) is 2.08. The van der Waals surface area contributed by atoms with Gasteiger partial charge in [-0.1, -0.05) is 60.7 Å². The van der Waals surface area contributed by atoms with Gasteiger partial charge in [-0.25, -0.2) is 0 Å². The highest BCUT2D eigenvalue weighted by molar-refractivity contribution is 5.77. The molecule has 1 amide bonds. The molecule has 1 N–H and O–H groups in total. The van der Waals surface area contributed by atoms with Gasteiger partial charge < -0.3 is 10.1 Å². The number of carbonyl (C=O) groups is 1. The third-order valence-corrected chi connectivity index (χ3v) is 5.35. The highest BCUT2D eigenvalue weighted by atomic mass is 16.5. The summed E-state index contributed by atoms with van der Waals surface area (Å²) in [5, 5.41) is 3.07. The second kappa shape index (κ2) is 8.97. The van der Waals surface area contributed by atoms with Gasteiger partial charge in [0.2, 0.25) is 5.91 Å². The fourth-order valence-electron chi connectivity index (χ4n) is 3.79. The quantitative estimate of drug-likeness (QED) is 0.833. The Balaban J connectivity index is 1.67. The van der Waals surface area contributed by atoms with Crippen molar-refractivity contribution < 1.29 is 9.53 Å². The molecule has 26 heavy (non-hydrogen) atoms. The number of amides is 1. The lowest BCUT2D eigenvalue weighted by Crippen LogP contribution is -2.49. The Labute approximate surface area is 156 Å². The fraction of sp³-hybridized carbons (Fsp3) is 0.409. The van der Waals surface area contributed by atoms with E-state index in [-0.39, 0.29) is 17.9 Å². The van der Waals surface area contributed by atoms with Crippen LogP contribution in [0.3, 0.4) is 0 Å². The molecule has 4 heteroatoms. The SMILES string of the molecule is COCC(=O)NCC1(c2ccccc2)CCN(Cc2ccccc2)CC1. The minimum absolute atomic E-state index is 0.00213. The van der Waals surface area contributed by atoms with E-state index in [4.69, 9.17) is 4.74 Å². The molecule has 1 saturated heterocycles. The average Bonchev–Trinajstić information content (AvgIpc) is 2.69. The number of nitrogens with one attached hydrogen (secondary N) is 1. The molecule has 0 radical (unpaired) electrons. The lowest BCUT2D eigenvalue weighted by atomic mass is 9.72. The molecule has 0 spiro atoms. The van der Waals surface area contributed by atoms with Crippen molar-refractivity contribution in [2.45, 2.75) is 24.8 Å². The first-order chi connectivity index (χ1) is 12.7. The number of ether oxygens (including phenoxy) is 1. The highest BCUT2D eigenvalue weighted by Gasteiger charge is 2.36. The van der Waals surface area contributed by atoms with Crippen molar-refractivity contribution >= 4 is 5.91 Å². The molecule has 1 aliphatic heterocycles. The van der Waals surface area contributed by atoms with Crippen LogP contribution < -0.4 is 5.32 Å². The Morgan fingerprint density at radius 3 is 2.27 bits per heavy atom. The standard InChI is InChI=1S/C22H28N2O2/c1-26-17-21(25)23-18-22(20-10-6-3-7-11-20)12-14-24(15-13-22)16-19-8-4-2-5-9-19/h2-11H,12-18H2,1H3,(H,23,25). The number of carbonyl (C=O) groups excluding carboxylic acids is 1. The van der Waals surface area contributed by atoms with E-state index in [0.29, 0.717) is 6.54 Å². The van der Waals surface area contributed by atoms with E-state index in [9.17, 15) is 4.79 Å². The number of benzene rings is 2. The Morgan fingerprint density at radius 2 is 1.65 bits per heavy atom. The smallest absolute Gasteiger partial charge is 0.246 e. The summed E-state index contributed by atoms with van der Waals surface area (Å²) >= 11 is 0. The van der Waals surface area contributed by atoms with Gasteiger partial charge in [-0.2, -0.15) is 0 Å². The average molecular weight is 352 g/mol. The van der Waals surface area contributed by atoms with E-state index >= 15 is 0 Å². The van der Waals surface area contributed by atoms with Crippen LogP contribution in [0.5, 0.6) is 0 Å². The summed E-state index contributed by atoms with van der Waals surface area (Å²) in [6.45, 7) is 3.83. The molecule has 0 aromatic heterocycles. The molecule has 2 aromatic rings. The van der Waals surface area contributed by atoms with E-state index in [1.807, 2.05) is 6.07 Å². The molecule has 0 atom stereocenters. The maximum absolute atomic E-state index is 11.9. The van der Waals surface area contributed by atoms with Crippen molar-refractivity contribution in [3.8, 4) is 0 Å². The number of methoxy groups -OCH3 is 1. The van der Waals surface area contributed by atoms with Crippen LogP contribution in [-0.2, 0) is 21.5 Å². The van der Waals surface area contributed by atoms with Crippen LogP contribution in [0.15, 0.2) is 60.7 Å². The first-order valence-electron chi connectivity index (χ1n) is 9.29. The predicted octanol–water partition coefficient (Wildman–Crippen LogP) is 2.98. The molecule has 3 rings (SSSR count). The Morgan fingerprint density at radius 1 is 1.04 bits per heavy atom. The molecule has 0 aliphatic carbocycles. The zero-order valence-corrected chi connectivity index (χ0v) is 15.5. The van der Waals surface area contributed by atoms with Crippen LogP contribution >= 0.6 is 0 Å².